The molecule has 0 saturated carbocycles. The minimum Gasteiger partial charge on any atom is -0.346 e. The average molecular weight is 605 g/mol. The fraction of sp³-hybridized carbons (Fsp3) is 0. The molecule has 0 bridgehead atoms. The number of hydrogen-bond donors (Lipinski definition) is 0. The molecule has 0 unspecified atom stereocenters. The van der Waals surface area contributed by atoms with E-state index in [2.05, 4.69) is 51.3 Å². The number of anilines is 3. The number of thiazole rings is 2. The summed E-state index contributed by atoms with van der Waals surface area (Å²) in [6.45, 7) is 0. The fourth-order valence-electron chi connectivity index (χ4n) is 3.12. The van der Waals surface area contributed by atoms with Crippen LogP contribution in [0.25, 0.3) is 21.1 Å². The zero-order valence-electron chi connectivity index (χ0n) is 15.6. The smallest absolute Gasteiger partial charge is 0.346 e. The van der Waals surface area contributed by atoms with E-state index in [9.17, 15) is 0 Å². The average Bonchev–Trinajstić information content (AvgIpc) is 3.50. The summed E-state index contributed by atoms with van der Waals surface area (Å²) in [7, 11) is 0. The van der Waals surface area contributed by atoms with Gasteiger partial charge in [-0.15, -0.1) is 59.7 Å². The summed E-state index contributed by atoms with van der Waals surface area (Å²) in [6, 6.07) is 29.7. The van der Waals surface area contributed by atoms with Gasteiger partial charge in [-0.2, -0.15) is 22.7 Å². The molecule has 0 amide bonds. The van der Waals surface area contributed by atoms with Crippen molar-refractivity contribution in [2.75, 3.05) is 4.90 Å². The maximum absolute atomic E-state index is 4.43. The molecule has 0 atom stereocenters. The van der Waals surface area contributed by atoms with Crippen molar-refractivity contribution >= 4 is 39.7 Å². The topological polar surface area (TPSA) is 29.0 Å². The molecule has 30 heavy (non-hydrogen) atoms. The maximum Gasteiger partial charge on any atom is 2.00 e. The first-order chi connectivity index (χ1) is 14.4. The van der Waals surface area contributed by atoms with Crippen molar-refractivity contribution in [2.45, 2.75) is 0 Å². The second kappa shape index (κ2) is 9.48. The zero-order chi connectivity index (χ0) is 19.5. The summed E-state index contributed by atoms with van der Waals surface area (Å²) in [5.41, 5.74) is 4.89. The molecule has 2 heterocycles. The summed E-state index contributed by atoms with van der Waals surface area (Å²) in [4.78, 5) is 11.0. The fourth-order valence-corrected chi connectivity index (χ4v) is 4.36. The largest absolute Gasteiger partial charge is 2.00 e. The van der Waals surface area contributed by atoms with Crippen LogP contribution >= 0.6 is 22.7 Å². The molecule has 0 aliphatic carbocycles. The Morgan fingerprint density at radius 3 is 1.63 bits per heavy atom. The number of hydrogen-bond acceptors (Lipinski definition) is 5. The van der Waals surface area contributed by atoms with E-state index in [1.54, 1.807) is 22.7 Å². The summed E-state index contributed by atoms with van der Waals surface area (Å²) in [6.07, 6.45) is 3.64. The van der Waals surface area contributed by atoms with Crippen molar-refractivity contribution in [1.29, 1.82) is 0 Å². The molecule has 6 heteroatoms. The van der Waals surface area contributed by atoms with Gasteiger partial charge in [0, 0.05) is 38.9 Å². The number of benzene rings is 3. The first-order valence-electron chi connectivity index (χ1n) is 9.08. The molecule has 148 valence electrons. The number of para-hydroxylation sites is 1. The van der Waals surface area contributed by atoms with Gasteiger partial charge in [-0.05, 0) is 23.5 Å². The summed E-state index contributed by atoms with van der Waals surface area (Å²) < 4.78 is 0. The van der Waals surface area contributed by atoms with Crippen LogP contribution in [0, 0.1) is 12.1 Å². The third-order valence-electron chi connectivity index (χ3n) is 4.38. The van der Waals surface area contributed by atoms with Crippen molar-refractivity contribution < 1.29 is 21.1 Å². The van der Waals surface area contributed by atoms with Gasteiger partial charge >= 0.3 is 21.1 Å². The Kier molecular flexibility index (Phi) is 6.53. The van der Waals surface area contributed by atoms with Gasteiger partial charge in [0.2, 0.25) is 0 Å². The van der Waals surface area contributed by atoms with Crippen LogP contribution in [0.1, 0.15) is 0 Å². The van der Waals surface area contributed by atoms with Gasteiger partial charge in [-0.25, -0.2) is 0 Å². The molecular formula is C24H15N3PtS2. The van der Waals surface area contributed by atoms with E-state index in [4.69, 9.17) is 0 Å². The van der Waals surface area contributed by atoms with Crippen LogP contribution in [0.2, 0.25) is 0 Å². The predicted octanol–water partition coefficient (Wildman–Crippen LogP) is 7.00. The molecule has 0 spiro atoms. The molecule has 0 fully saturated rings. The number of aromatic nitrogens is 2. The molecule has 3 nitrogen and oxygen atoms in total. The Morgan fingerprint density at radius 1 is 0.633 bits per heavy atom. The van der Waals surface area contributed by atoms with Gasteiger partial charge in [0.05, 0.1) is 0 Å². The second-order valence-electron chi connectivity index (χ2n) is 6.24. The van der Waals surface area contributed by atoms with Crippen LogP contribution in [0.3, 0.4) is 0 Å². The molecular weight excluding hydrogens is 589 g/mol. The van der Waals surface area contributed by atoms with Gasteiger partial charge < -0.3 is 4.90 Å². The third kappa shape index (κ3) is 4.29. The Bertz CT molecular complexity index is 1130. The minimum absolute atomic E-state index is 0. The van der Waals surface area contributed by atoms with E-state index < -0.39 is 0 Å². The van der Waals surface area contributed by atoms with E-state index in [0.29, 0.717) is 0 Å². The SMILES string of the molecule is [Pt+2].[c-]1c(-c2nccs2)cccc1N(c1[c-]c(-c2nccs2)ccc1)c1ccccc1. The molecule has 0 aliphatic heterocycles. The summed E-state index contributed by atoms with van der Waals surface area (Å²) >= 11 is 3.23. The normalized spacial score (nSPS) is 10.4. The van der Waals surface area contributed by atoms with Crippen LogP contribution in [0.5, 0.6) is 0 Å². The van der Waals surface area contributed by atoms with Crippen LogP contribution in [-0.2, 0) is 21.1 Å². The van der Waals surface area contributed by atoms with Gasteiger partial charge in [-0.3, -0.25) is 9.97 Å². The van der Waals surface area contributed by atoms with E-state index in [1.165, 1.54) is 0 Å². The van der Waals surface area contributed by atoms with Crippen LogP contribution in [-0.4, -0.2) is 9.97 Å². The molecule has 3 aromatic carbocycles. The van der Waals surface area contributed by atoms with Crippen molar-refractivity contribution in [2.24, 2.45) is 0 Å². The summed E-state index contributed by atoms with van der Waals surface area (Å²) in [5, 5.41) is 5.88. The Balaban J connectivity index is 0.00000218. The number of nitrogens with zero attached hydrogens (tertiary/aromatic N) is 3. The standard InChI is InChI=1S/C24H15N3S2.Pt/c1-2-8-20(9-3-1)27(21-10-4-6-18(16-21)23-25-12-14-28-23)22-11-5-7-19(17-22)24-26-13-15-29-24;/h1-15H;/q-2;+2. The van der Waals surface area contributed by atoms with E-state index in [0.717, 1.165) is 38.2 Å². The van der Waals surface area contributed by atoms with Crippen molar-refractivity contribution in [3.63, 3.8) is 0 Å². The van der Waals surface area contributed by atoms with Crippen molar-refractivity contribution in [1.82, 2.24) is 9.97 Å². The van der Waals surface area contributed by atoms with E-state index >= 15 is 0 Å². The van der Waals surface area contributed by atoms with Gasteiger partial charge in [-0.1, -0.05) is 18.2 Å². The third-order valence-corrected chi connectivity index (χ3v) is 5.99. The monoisotopic (exact) mass is 604 g/mol. The van der Waals surface area contributed by atoms with E-state index in [1.807, 2.05) is 65.6 Å². The van der Waals surface area contributed by atoms with Crippen LogP contribution < -0.4 is 4.90 Å². The zero-order valence-corrected chi connectivity index (χ0v) is 19.5. The molecule has 0 radical (unpaired) electrons. The minimum atomic E-state index is 0. The van der Waals surface area contributed by atoms with Crippen molar-refractivity contribution in [3.8, 4) is 21.1 Å². The predicted molar refractivity (Wildman–Crippen MR) is 121 cm³/mol. The Labute approximate surface area is 198 Å². The maximum atomic E-state index is 4.43. The van der Waals surface area contributed by atoms with Gasteiger partial charge in [0.25, 0.3) is 0 Å². The Hall–Kier alpha value is -2.59. The molecule has 0 saturated heterocycles. The Morgan fingerprint density at radius 2 is 1.17 bits per heavy atom. The van der Waals surface area contributed by atoms with Crippen LogP contribution in [0.15, 0.2) is 89.9 Å². The molecule has 5 rings (SSSR count). The quantitative estimate of drug-likeness (QED) is 0.202. The first-order valence-corrected chi connectivity index (χ1v) is 10.8. The molecule has 2 aromatic heterocycles. The molecule has 5 aromatic rings. The number of rotatable bonds is 5. The molecule has 0 N–H and O–H groups in total. The second-order valence-corrected chi connectivity index (χ2v) is 8.03. The van der Waals surface area contributed by atoms with E-state index in [-0.39, 0.29) is 21.1 Å². The molecule has 0 aliphatic rings. The van der Waals surface area contributed by atoms with Gasteiger partial charge in [0.1, 0.15) is 0 Å². The summed E-state index contributed by atoms with van der Waals surface area (Å²) in [5.74, 6) is 0. The van der Waals surface area contributed by atoms with Gasteiger partial charge in [0.15, 0.2) is 0 Å². The van der Waals surface area contributed by atoms with Crippen molar-refractivity contribution in [3.05, 3.63) is 102 Å². The first kappa shape index (κ1) is 20.7. The van der Waals surface area contributed by atoms with Crippen LogP contribution in [0.4, 0.5) is 17.1 Å².